The number of rotatable bonds is 10. The van der Waals surface area contributed by atoms with Crippen molar-refractivity contribution in [3.05, 3.63) is 79.2 Å². The van der Waals surface area contributed by atoms with E-state index >= 15 is 0 Å². The Kier molecular flexibility index (Phi) is 9.50. The molecule has 1 aliphatic heterocycles. The van der Waals surface area contributed by atoms with Crippen LogP contribution in [-0.2, 0) is 4.74 Å². The second kappa shape index (κ2) is 12.3. The van der Waals surface area contributed by atoms with Crippen LogP contribution >= 0.6 is 35.1 Å². The molecule has 172 valence electrons. The van der Waals surface area contributed by atoms with E-state index in [4.69, 9.17) is 9.47 Å². The first-order valence-electron chi connectivity index (χ1n) is 10.5. The van der Waals surface area contributed by atoms with Gasteiger partial charge in [0.1, 0.15) is 6.10 Å². The predicted molar refractivity (Wildman–Crippen MR) is 131 cm³/mol. The van der Waals surface area contributed by atoms with Gasteiger partial charge in [-0.3, -0.25) is 10.1 Å². The molecule has 0 N–H and O–H groups in total. The highest BCUT2D eigenvalue weighted by Crippen LogP contribution is 2.32. The van der Waals surface area contributed by atoms with Crippen molar-refractivity contribution >= 4 is 40.8 Å². The van der Waals surface area contributed by atoms with Crippen LogP contribution in [0, 0.1) is 10.1 Å². The number of halogens is 1. The van der Waals surface area contributed by atoms with Crippen molar-refractivity contribution in [1.82, 2.24) is 4.90 Å². The van der Waals surface area contributed by atoms with Crippen molar-refractivity contribution in [2.24, 2.45) is 0 Å². The first-order valence-corrected chi connectivity index (χ1v) is 12.4. The SMILES string of the molecule is Cl.O=[N+]([O-])c1ccccc1OCCCN1CCC(OC(c2ccsc2)c2ccsc2)CC1. The number of hydrogen-bond donors (Lipinski definition) is 0. The van der Waals surface area contributed by atoms with Gasteiger partial charge in [0.25, 0.3) is 0 Å². The van der Waals surface area contributed by atoms with Gasteiger partial charge in [-0.05, 0) is 70.1 Å². The Balaban J connectivity index is 0.00000289. The number of hydrogen-bond acceptors (Lipinski definition) is 7. The fraction of sp³-hybridized carbons (Fsp3) is 0.391. The summed E-state index contributed by atoms with van der Waals surface area (Å²) in [6, 6.07) is 10.8. The third-order valence-corrected chi connectivity index (χ3v) is 6.90. The molecule has 1 fully saturated rings. The summed E-state index contributed by atoms with van der Waals surface area (Å²) in [7, 11) is 0. The molecule has 32 heavy (non-hydrogen) atoms. The molecule has 0 aliphatic carbocycles. The number of thiophene rings is 2. The summed E-state index contributed by atoms with van der Waals surface area (Å²) in [5.41, 5.74) is 2.49. The highest BCUT2D eigenvalue weighted by molar-refractivity contribution is 7.08. The molecule has 0 unspecified atom stereocenters. The number of benzene rings is 1. The standard InChI is InChI=1S/C23H26N2O4S2.ClH/c26-25(27)21-4-1-2-5-22(21)28-13-3-10-24-11-6-20(7-12-24)29-23(18-8-14-30-16-18)19-9-15-31-17-19;/h1-2,4-5,8-9,14-17,20,23H,3,6-7,10-13H2;1H. The van der Waals surface area contributed by atoms with E-state index in [0.29, 0.717) is 12.4 Å². The predicted octanol–water partition coefficient (Wildman–Crippen LogP) is 6.18. The molecule has 3 heterocycles. The van der Waals surface area contributed by atoms with E-state index in [9.17, 15) is 10.1 Å². The minimum atomic E-state index is -0.403. The number of nitrogens with zero attached hydrogens (tertiary/aromatic N) is 2. The zero-order valence-corrected chi connectivity index (χ0v) is 20.1. The molecular weight excluding hydrogens is 468 g/mol. The fourth-order valence-electron chi connectivity index (χ4n) is 3.86. The van der Waals surface area contributed by atoms with Gasteiger partial charge in [0.2, 0.25) is 0 Å². The molecule has 1 saturated heterocycles. The van der Waals surface area contributed by atoms with Crippen LogP contribution in [0.25, 0.3) is 0 Å². The summed E-state index contributed by atoms with van der Waals surface area (Å²) in [6.45, 7) is 3.39. The average molecular weight is 495 g/mol. The van der Waals surface area contributed by atoms with E-state index in [2.05, 4.69) is 38.6 Å². The zero-order chi connectivity index (χ0) is 21.5. The van der Waals surface area contributed by atoms with Crippen LogP contribution < -0.4 is 4.74 Å². The Morgan fingerprint density at radius 2 is 1.72 bits per heavy atom. The Labute approximate surface area is 202 Å². The van der Waals surface area contributed by atoms with Crippen molar-refractivity contribution in [2.45, 2.75) is 31.5 Å². The number of nitro groups is 1. The second-order valence-electron chi connectivity index (χ2n) is 7.60. The lowest BCUT2D eigenvalue weighted by Crippen LogP contribution is -2.38. The van der Waals surface area contributed by atoms with Gasteiger partial charge in [-0.2, -0.15) is 22.7 Å². The molecule has 9 heteroatoms. The molecule has 0 saturated carbocycles. The van der Waals surface area contributed by atoms with E-state index in [1.807, 2.05) is 0 Å². The number of para-hydroxylation sites is 2. The summed E-state index contributed by atoms with van der Waals surface area (Å²) in [4.78, 5) is 13.1. The van der Waals surface area contributed by atoms with Crippen LogP contribution in [0.2, 0.25) is 0 Å². The zero-order valence-electron chi connectivity index (χ0n) is 17.6. The third kappa shape index (κ3) is 6.52. The summed E-state index contributed by atoms with van der Waals surface area (Å²) in [6.07, 6.45) is 3.13. The third-order valence-electron chi connectivity index (χ3n) is 5.49. The molecular formula is C23H27ClN2O4S2. The molecule has 2 aromatic heterocycles. The molecule has 0 atom stereocenters. The smallest absolute Gasteiger partial charge is 0.310 e. The van der Waals surface area contributed by atoms with Gasteiger partial charge in [-0.25, -0.2) is 0 Å². The Bertz CT molecular complexity index is 911. The number of ether oxygens (including phenoxy) is 2. The maximum atomic E-state index is 11.1. The van der Waals surface area contributed by atoms with Crippen LogP contribution in [0.4, 0.5) is 5.69 Å². The Morgan fingerprint density at radius 3 is 2.31 bits per heavy atom. The normalized spacial score (nSPS) is 14.9. The monoisotopic (exact) mass is 494 g/mol. The minimum Gasteiger partial charge on any atom is -0.487 e. The number of likely N-dealkylation sites (tertiary alicyclic amines) is 1. The van der Waals surface area contributed by atoms with Gasteiger partial charge in [-0.1, -0.05) is 12.1 Å². The summed E-state index contributed by atoms with van der Waals surface area (Å²) < 4.78 is 12.2. The molecule has 3 aromatic rings. The summed E-state index contributed by atoms with van der Waals surface area (Å²) >= 11 is 3.41. The van der Waals surface area contributed by atoms with Gasteiger partial charge in [-0.15, -0.1) is 12.4 Å². The second-order valence-corrected chi connectivity index (χ2v) is 9.16. The fourth-order valence-corrected chi connectivity index (χ4v) is 5.21. The lowest BCUT2D eigenvalue weighted by molar-refractivity contribution is -0.385. The molecule has 0 spiro atoms. The Morgan fingerprint density at radius 1 is 1.06 bits per heavy atom. The maximum absolute atomic E-state index is 11.1. The maximum Gasteiger partial charge on any atom is 0.310 e. The van der Waals surface area contributed by atoms with Crippen molar-refractivity contribution in [1.29, 1.82) is 0 Å². The van der Waals surface area contributed by atoms with Gasteiger partial charge in [0.15, 0.2) is 5.75 Å². The van der Waals surface area contributed by atoms with Crippen LogP contribution in [0.5, 0.6) is 5.75 Å². The van der Waals surface area contributed by atoms with Crippen LogP contribution in [-0.4, -0.2) is 42.2 Å². The quantitative estimate of drug-likeness (QED) is 0.191. The molecule has 0 radical (unpaired) electrons. The van der Waals surface area contributed by atoms with E-state index in [0.717, 1.165) is 38.9 Å². The van der Waals surface area contributed by atoms with Crippen molar-refractivity contribution in [2.75, 3.05) is 26.2 Å². The lowest BCUT2D eigenvalue weighted by atomic mass is 10.0. The molecule has 0 amide bonds. The first kappa shape index (κ1) is 24.7. The van der Waals surface area contributed by atoms with E-state index in [-0.39, 0.29) is 30.3 Å². The highest BCUT2D eigenvalue weighted by atomic mass is 35.5. The average Bonchev–Trinajstić information content (AvgIpc) is 3.51. The van der Waals surface area contributed by atoms with Crippen molar-refractivity contribution < 1.29 is 14.4 Å². The van der Waals surface area contributed by atoms with Crippen molar-refractivity contribution in [3.63, 3.8) is 0 Å². The lowest BCUT2D eigenvalue weighted by Gasteiger charge is -2.33. The Hall–Kier alpha value is -1.97. The van der Waals surface area contributed by atoms with Gasteiger partial charge < -0.3 is 14.4 Å². The topological polar surface area (TPSA) is 64.8 Å². The highest BCUT2D eigenvalue weighted by Gasteiger charge is 2.25. The molecule has 0 bridgehead atoms. The van der Waals surface area contributed by atoms with E-state index in [1.54, 1.807) is 40.9 Å². The molecule has 1 aliphatic rings. The molecule has 1 aromatic carbocycles. The van der Waals surface area contributed by atoms with E-state index in [1.165, 1.54) is 17.2 Å². The number of nitro benzene ring substituents is 1. The summed E-state index contributed by atoms with van der Waals surface area (Å²) in [5, 5.41) is 19.6. The van der Waals surface area contributed by atoms with Gasteiger partial charge >= 0.3 is 5.69 Å². The summed E-state index contributed by atoms with van der Waals surface area (Å²) in [5.74, 6) is 0.340. The number of piperidine rings is 1. The minimum absolute atomic E-state index is 0. The molecule has 4 rings (SSSR count). The van der Waals surface area contributed by atoms with Crippen LogP contribution in [0.3, 0.4) is 0 Å². The van der Waals surface area contributed by atoms with Gasteiger partial charge in [0, 0.05) is 25.7 Å². The van der Waals surface area contributed by atoms with Crippen LogP contribution in [0.1, 0.15) is 36.5 Å². The largest absolute Gasteiger partial charge is 0.487 e. The van der Waals surface area contributed by atoms with Gasteiger partial charge in [0.05, 0.1) is 17.6 Å². The van der Waals surface area contributed by atoms with Crippen molar-refractivity contribution in [3.8, 4) is 5.75 Å². The van der Waals surface area contributed by atoms with Crippen LogP contribution in [0.15, 0.2) is 57.9 Å². The first-order chi connectivity index (χ1) is 15.2. The molecule has 6 nitrogen and oxygen atoms in total. The van der Waals surface area contributed by atoms with E-state index < -0.39 is 4.92 Å².